The van der Waals surface area contributed by atoms with Crippen molar-refractivity contribution in [2.24, 2.45) is 0 Å². The molecule has 2 heterocycles. The van der Waals surface area contributed by atoms with Gasteiger partial charge in [0, 0.05) is 12.6 Å². The number of nitrogens with one attached hydrogen (secondary N) is 2. The van der Waals surface area contributed by atoms with E-state index < -0.39 is 0 Å². The van der Waals surface area contributed by atoms with Crippen molar-refractivity contribution in [2.75, 3.05) is 0 Å². The zero-order valence-corrected chi connectivity index (χ0v) is 12.5. The molecule has 0 atom stereocenters. The van der Waals surface area contributed by atoms with Crippen LogP contribution in [0.3, 0.4) is 0 Å². The molecule has 1 aliphatic carbocycles. The van der Waals surface area contributed by atoms with Crippen molar-refractivity contribution in [1.82, 2.24) is 20.5 Å². The molecule has 1 amide bonds. The van der Waals surface area contributed by atoms with Crippen LogP contribution in [0.25, 0.3) is 0 Å². The maximum atomic E-state index is 12.1. The number of hydrogen-bond donors (Lipinski definition) is 2. The summed E-state index contributed by atoms with van der Waals surface area (Å²) in [5.74, 6) is 0.555. The van der Waals surface area contributed by atoms with E-state index in [1.807, 2.05) is 0 Å². The molecule has 0 saturated carbocycles. The van der Waals surface area contributed by atoms with Crippen LogP contribution in [0.1, 0.15) is 58.4 Å². The molecule has 0 radical (unpaired) electrons. The van der Waals surface area contributed by atoms with Crippen LogP contribution in [0.15, 0.2) is 4.42 Å². The fourth-order valence-electron chi connectivity index (χ4n) is 2.86. The molecule has 112 valence electrons. The largest absolute Gasteiger partial charge is 0.436 e. The topological polar surface area (TPSA) is 83.8 Å². The monoisotopic (exact) mass is 288 g/mol. The number of aromatic nitrogens is 3. The second-order valence-electron chi connectivity index (χ2n) is 5.52. The first-order valence-electron chi connectivity index (χ1n) is 7.42. The van der Waals surface area contributed by atoms with Crippen LogP contribution in [0, 0.1) is 13.8 Å². The average molecular weight is 288 g/mol. The van der Waals surface area contributed by atoms with Crippen molar-refractivity contribution in [3.05, 3.63) is 34.3 Å². The molecule has 0 saturated heterocycles. The molecule has 6 nitrogen and oxygen atoms in total. The molecule has 0 bridgehead atoms. The average Bonchev–Trinajstić information content (AvgIpc) is 2.90. The number of hydrogen-bond acceptors (Lipinski definition) is 4. The molecule has 0 fully saturated rings. The maximum Gasteiger partial charge on any atom is 0.289 e. The number of oxazole rings is 1. The summed E-state index contributed by atoms with van der Waals surface area (Å²) in [4.78, 5) is 16.2. The number of aryl methyl sites for hydroxylation is 3. The Labute approximate surface area is 123 Å². The summed E-state index contributed by atoms with van der Waals surface area (Å²) < 4.78 is 5.33. The van der Waals surface area contributed by atoms with Crippen LogP contribution >= 0.6 is 0 Å². The first-order valence-corrected chi connectivity index (χ1v) is 7.42. The van der Waals surface area contributed by atoms with Gasteiger partial charge in [-0.05, 0) is 38.2 Å². The molecular weight excluding hydrogens is 268 g/mol. The number of nitrogens with zero attached hydrogens (tertiary/aromatic N) is 2. The van der Waals surface area contributed by atoms with Gasteiger partial charge in [-0.3, -0.25) is 9.89 Å². The third kappa shape index (κ3) is 2.84. The first kappa shape index (κ1) is 13.9. The second-order valence-corrected chi connectivity index (χ2v) is 5.52. The van der Waals surface area contributed by atoms with Crippen molar-refractivity contribution < 1.29 is 9.21 Å². The number of aromatic amines is 1. The third-order valence-corrected chi connectivity index (χ3v) is 3.92. The Balaban J connectivity index is 1.69. The second kappa shape index (κ2) is 5.71. The minimum Gasteiger partial charge on any atom is -0.436 e. The van der Waals surface area contributed by atoms with E-state index in [1.54, 1.807) is 13.8 Å². The Hall–Kier alpha value is -2.11. The minimum atomic E-state index is -0.238. The smallest absolute Gasteiger partial charge is 0.289 e. The molecule has 3 rings (SSSR count). The number of H-pyrrole nitrogens is 1. The molecule has 6 heteroatoms. The van der Waals surface area contributed by atoms with Crippen molar-refractivity contribution >= 4 is 5.91 Å². The predicted octanol–water partition coefficient (Wildman–Crippen LogP) is 2.21. The SMILES string of the molecule is Cc1nc(C)c(C(=O)NCc2n[nH]c3c2CCCCC3)o1. The highest BCUT2D eigenvalue weighted by molar-refractivity contribution is 5.92. The zero-order valence-electron chi connectivity index (χ0n) is 12.5. The lowest BCUT2D eigenvalue weighted by Gasteiger charge is -2.04. The Morgan fingerprint density at radius 2 is 2.10 bits per heavy atom. The molecule has 0 aliphatic heterocycles. The zero-order chi connectivity index (χ0) is 14.8. The van der Waals surface area contributed by atoms with E-state index in [1.165, 1.54) is 30.5 Å². The predicted molar refractivity (Wildman–Crippen MR) is 77.0 cm³/mol. The summed E-state index contributed by atoms with van der Waals surface area (Å²) in [5.41, 5.74) is 4.06. The molecule has 2 N–H and O–H groups in total. The van der Waals surface area contributed by atoms with E-state index >= 15 is 0 Å². The summed E-state index contributed by atoms with van der Waals surface area (Å²) in [6.45, 7) is 3.92. The molecule has 2 aromatic heterocycles. The highest BCUT2D eigenvalue weighted by Gasteiger charge is 2.19. The molecule has 0 unspecified atom stereocenters. The maximum absolute atomic E-state index is 12.1. The summed E-state index contributed by atoms with van der Waals surface area (Å²) in [7, 11) is 0. The van der Waals surface area contributed by atoms with E-state index in [2.05, 4.69) is 20.5 Å². The first-order chi connectivity index (χ1) is 10.1. The quantitative estimate of drug-likeness (QED) is 0.848. The van der Waals surface area contributed by atoms with Crippen molar-refractivity contribution in [2.45, 2.75) is 52.5 Å². The number of fused-ring (bicyclic) bond motifs is 1. The Kier molecular flexibility index (Phi) is 3.77. The van der Waals surface area contributed by atoms with E-state index in [9.17, 15) is 4.79 Å². The number of carbonyl (C=O) groups excluding carboxylic acids is 1. The van der Waals surface area contributed by atoms with E-state index in [0.29, 0.717) is 18.1 Å². The van der Waals surface area contributed by atoms with Gasteiger partial charge in [0.1, 0.15) is 0 Å². The van der Waals surface area contributed by atoms with Crippen LogP contribution in [-0.2, 0) is 19.4 Å². The Bertz CT molecular complexity index is 657. The van der Waals surface area contributed by atoms with Gasteiger partial charge < -0.3 is 9.73 Å². The fourth-order valence-corrected chi connectivity index (χ4v) is 2.86. The number of rotatable bonds is 3. The lowest BCUT2D eigenvalue weighted by atomic mass is 10.1. The highest BCUT2D eigenvalue weighted by Crippen LogP contribution is 2.21. The summed E-state index contributed by atoms with van der Waals surface area (Å²) in [6, 6.07) is 0. The highest BCUT2D eigenvalue weighted by atomic mass is 16.4. The molecule has 0 spiro atoms. The van der Waals surface area contributed by atoms with Crippen LogP contribution in [0.5, 0.6) is 0 Å². The third-order valence-electron chi connectivity index (χ3n) is 3.92. The molecular formula is C15H20N4O2. The summed E-state index contributed by atoms with van der Waals surface area (Å²) in [6.07, 6.45) is 5.74. The molecule has 1 aliphatic rings. The van der Waals surface area contributed by atoms with E-state index in [0.717, 1.165) is 18.5 Å². The number of carbonyl (C=O) groups is 1. The van der Waals surface area contributed by atoms with E-state index in [4.69, 9.17) is 4.42 Å². The van der Waals surface area contributed by atoms with Gasteiger partial charge in [0.05, 0.1) is 17.9 Å². The summed E-state index contributed by atoms with van der Waals surface area (Å²) in [5, 5.41) is 10.3. The van der Waals surface area contributed by atoms with Gasteiger partial charge in [-0.1, -0.05) is 6.42 Å². The van der Waals surface area contributed by atoms with Crippen LogP contribution in [-0.4, -0.2) is 21.1 Å². The standard InChI is InChI=1S/C15H20N4O2/c1-9-14(21-10(2)17-9)15(20)16-8-13-11-6-4-3-5-7-12(11)18-19-13/h3-8H2,1-2H3,(H,16,20)(H,18,19). The van der Waals surface area contributed by atoms with Gasteiger partial charge in [-0.2, -0.15) is 5.10 Å². The summed E-state index contributed by atoms with van der Waals surface area (Å²) >= 11 is 0. The lowest BCUT2D eigenvalue weighted by Crippen LogP contribution is -2.23. The van der Waals surface area contributed by atoms with Crippen molar-refractivity contribution in [3.63, 3.8) is 0 Å². The minimum absolute atomic E-state index is 0.238. The number of amides is 1. The Morgan fingerprint density at radius 3 is 2.86 bits per heavy atom. The van der Waals surface area contributed by atoms with Gasteiger partial charge in [-0.25, -0.2) is 4.98 Å². The van der Waals surface area contributed by atoms with Crippen LogP contribution in [0.2, 0.25) is 0 Å². The van der Waals surface area contributed by atoms with Gasteiger partial charge >= 0.3 is 0 Å². The molecule has 21 heavy (non-hydrogen) atoms. The Morgan fingerprint density at radius 1 is 1.29 bits per heavy atom. The normalized spacial score (nSPS) is 14.6. The van der Waals surface area contributed by atoms with Gasteiger partial charge in [-0.15, -0.1) is 0 Å². The van der Waals surface area contributed by atoms with Crippen molar-refractivity contribution in [3.8, 4) is 0 Å². The van der Waals surface area contributed by atoms with E-state index in [-0.39, 0.29) is 11.7 Å². The molecule has 0 aromatic carbocycles. The van der Waals surface area contributed by atoms with Crippen LogP contribution in [0.4, 0.5) is 0 Å². The van der Waals surface area contributed by atoms with Gasteiger partial charge in [0.15, 0.2) is 5.89 Å². The van der Waals surface area contributed by atoms with Gasteiger partial charge in [0.2, 0.25) is 5.76 Å². The van der Waals surface area contributed by atoms with Crippen molar-refractivity contribution in [1.29, 1.82) is 0 Å². The lowest BCUT2D eigenvalue weighted by molar-refractivity contribution is 0.0920. The van der Waals surface area contributed by atoms with Gasteiger partial charge in [0.25, 0.3) is 5.91 Å². The fraction of sp³-hybridized carbons (Fsp3) is 0.533. The van der Waals surface area contributed by atoms with Crippen LogP contribution < -0.4 is 5.32 Å². The molecule has 2 aromatic rings.